The first kappa shape index (κ1) is 56.5. The van der Waals surface area contributed by atoms with Crippen molar-refractivity contribution in [2.45, 2.75) is 206 Å². The molecule has 0 radical (unpaired) electrons. The van der Waals surface area contributed by atoms with Crippen molar-refractivity contribution in [3.05, 3.63) is 134 Å². The SMILES string of the molecule is C/C=C/CC/C=C/CC/C=C/C(O)C(CO)NC(=O)CCCCCCCCCCCCCCCC/C=C\C/C=C\C/C=C\C/C=C\C/C=C\C/C=C\C/C=C\C/C=C\CC. The molecule has 0 bridgehead atoms. The molecule has 0 saturated heterocycles. The van der Waals surface area contributed by atoms with E-state index < -0.39 is 12.1 Å². The van der Waals surface area contributed by atoms with Crippen LogP contribution in [0.4, 0.5) is 0 Å². The van der Waals surface area contributed by atoms with E-state index in [0.29, 0.717) is 6.42 Å². The number of allylic oxidation sites excluding steroid dienone is 21. The van der Waals surface area contributed by atoms with E-state index in [9.17, 15) is 15.0 Å². The van der Waals surface area contributed by atoms with Crippen molar-refractivity contribution in [3.63, 3.8) is 0 Å². The van der Waals surface area contributed by atoms with E-state index >= 15 is 0 Å². The Bertz CT molecular complexity index is 1260. The number of hydrogen-bond donors (Lipinski definition) is 3. The highest BCUT2D eigenvalue weighted by molar-refractivity contribution is 5.76. The molecule has 0 rings (SSSR count). The molecule has 2 atom stereocenters. The van der Waals surface area contributed by atoms with Crippen LogP contribution in [-0.2, 0) is 4.79 Å². The van der Waals surface area contributed by atoms with E-state index in [1.54, 1.807) is 6.08 Å². The Hall–Kier alpha value is -3.47. The molecule has 0 aliphatic carbocycles. The fourth-order valence-corrected chi connectivity index (χ4v) is 6.53. The third kappa shape index (κ3) is 45.6. The van der Waals surface area contributed by atoms with Crippen molar-refractivity contribution in [2.75, 3.05) is 6.61 Å². The maximum absolute atomic E-state index is 12.3. The Balaban J connectivity index is 3.55. The maximum atomic E-state index is 12.3. The summed E-state index contributed by atoms with van der Waals surface area (Å²) in [5.41, 5.74) is 0. The van der Waals surface area contributed by atoms with Gasteiger partial charge >= 0.3 is 0 Å². The van der Waals surface area contributed by atoms with Crippen LogP contribution in [-0.4, -0.2) is 34.9 Å². The second-order valence-corrected chi connectivity index (χ2v) is 15.8. The summed E-state index contributed by atoms with van der Waals surface area (Å²) in [7, 11) is 0. The molecule has 0 aromatic rings. The molecule has 4 heteroatoms. The summed E-state index contributed by atoms with van der Waals surface area (Å²) in [4.78, 5) is 12.3. The molecule has 338 valence electrons. The Morgan fingerprint density at radius 3 is 1.17 bits per heavy atom. The van der Waals surface area contributed by atoms with Crippen LogP contribution in [0, 0.1) is 0 Å². The van der Waals surface area contributed by atoms with E-state index in [-0.39, 0.29) is 12.5 Å². The molecule has 0 heterocycles. The van der Waals surface area contributed by atoms with Gasteiger partial charge in [0.05, 0.1) is 18.8 Å². The minimum atomic E-state index is -0.875. The summed E-state index contributed by atoms with van der Waals surface area (Å²) in [6.07, 6.45) is 79.0. The molecular formula is C56H91NO3. The van der Waals surface area contributed by atoms with Gasteiger partial charge in [-0.05, 0) is 103 Å². The van der Waals surface area contributed by atoms with E-state index in [2.05, 4.69) is 134 Å². The van der Waals surface area contributed by atoms with Gasteiger partial charge in [0, 0.05) is 6.42 Å². The lowest BCUT2D eigenvalue weighted by molar-refractivity contribution is -0.123. The molecule has 4 nitrogen and oxygen atoms in total. The smallest absolute Gasteiger partial charge is 0.220 e. The Labute approximate surface area is 371 Å². The standard InChI is InChI=1S/C56H91NO3/c1-3-5-7-9-11-13-14-15-16-17-18-19-20-21-22-23-24-25-26-27-28-29-30-31-32-33-34-35-36-37-38-39-40-41-42-44-46-48-50-52-56(60)57-54(53-58)55(59)51-49-47-45-43-12-10-8-6-4-2/h4-7,11-13,15-16,18-19,21-22,24-25,27-28,30-31,43,49,51,54-55,58-59H,3,8-10,14,17,20,23,26,29,32-42,44-48,50,52-53H2,1-2H3,(H,57,60)/b6-4+,7-5-,13-11-,16-15-,19-18-,22-21-,25-24-,28-27-,31-30-,43-12+,51-49+. The van der Waals surface area contributed by atoms with Crippen molar-refractivity contribution in [2.24, 2.45) is 0 Å². The van der Waals surface area contributed by atoms with Gasteiger partial charge in [0.15, 0.2) is 0 Å². The van der Waals surface area contributed by atoms with Gasteiger partial charge in [0.25, 0.3) is 0 Å². The average Bonchev–Trinajstić information content (AvgIpc) is 3.25. The van der Waals surface area contributed by atoms with E-state index in [4.69, 9.17) is 0 Å². The van der Waals surface area contributed by atoms with Crippen LogP contribution in [0.2, 0.25) is 0 Å². The number of aliphatic hydroxyl groups excluding tert-OH is 2. The van der Waals surface area contributed by atoms with Gasteiger partial charge in [-0.25, -0.2) is 0 Å². The molecule has 2 unspecified atom stereocenters. The van der Waals surface area contributed by atoms with Crippen LogP contribution in [0.5, 0.6) is 0 Å². The van der Waals surface area contributed by atoms with Gasteiger partial charge in [-0.2, -0.15) is 0 Å². The van der Waals surface area contributed by atoms with Crippen LogP contribution < -0.4 is 5.32 Å². The minimum absolute atomic E-state index is 0.0882. The number of rotatable bonds is 42. The quantitative estimate of drug-likeness (QED) is 0.0424. The monoisotopic (exact) mass is 826 g/mol. The highest BCUT2D eigenvalue weighted by Gasteiger charge is 2.17. The lowest BCUT2D eigenvalue weighted by Gasteiger charge is -2.19. The van der Waals surface area contributed by atoms with E-state index in [0.717, 1.165) is 89.9 Å². The first-order valence-corrected chi connectivity index (χ1v) is 24.4. The Kier molecular flexibility index (Phi) is 47.0. The minimum Gasteiger partial charge on any atom is -0.394 e. The first-order valence-electron chi connectivity index (χ1n) is 24.4. The third-order valence-corrected chi connectivity index (χ3v) is 10.2. The lowest BCUT2D eigenvalue weighted by Crippen LogP contribution is -2.45. The molecular weight excluding hydrogens is 735 g/mol. The van der Waals surface area contributed by atoms with Gasteiger partial charge < -0.3 is 15.5 Å². The second-order valence-electron chi connectivity index (χ2n) is 15.8. The number of carbonyl (C=O) groups is 1. The molecule has 0 aliphatic rings. The predicted molar refractivity (Wildman–Crippen MR) is 266 cm³/mol. The molecule has 1 amide bonds. The number of nitrogens with one attached hydrogen (secondary N) is 1. The van der Waals surface area contributed by atoms with Crippen molar-refractivity contribution >= 4 is 5.91 Å². The lowest BCUT2D eigenvalue weighted by atomic mass is 10.0. The normalized spacial score (nSPS) is 14.1. The topological polar surface area (TPSA) is 69.6 Å². The van der Waals surface area contributed by atoms with Gasteiger partial charge in [0.1, 0.15) is 0 Å². The van der Waals surface area contributed by atoms with Crippen LogP contribution in [0.25, 0.3) is 0 Å². The first-order chi connectivity index (χ1) is 29.7. The van der Waals surface area contributed by atoms with Crippen LogP contribution >= 0.6 is 0 Å². The Morgan fingerprint density at radius 1 is 0.433 bits per heavy atom. The number of aliphatic hydroxyl groups is 2. The van der Waals surface area contributed by atoms with Gasteiger partial charge in [0.2, 0.25) is 5.91 Å². The zero-order valence-electron chi connectivity index (χ0n) is 38.7. The Morgan fingerprint density at radius 2 is 0.767 bits per heavy atom. The zero-order valence-corrected chi connectivity index (χ0v) is 38.7. The highest BCUT2D eigenvalue weighted by Crippen LogP contribution is 2.14. The molecule has 0 saturated carbocycles. The fourth-order valence-electron chi connectivity index (χ4n) is 6.53. The van der Waals surface area contributed by atoms with E-state index in [1.165, 1.54) is 83.5 Å². The molecule has 60 heavy (non-hydrogen) atoms. The predicted octanol–water partition coefficient (Wildman–Crippen LogP) is 15.9. The van der Waals surface area contributed by atoms with Crippen LogP contribution in [0.3, 0.4) is 0 Å². The van der Waals surface area contributed by atoms with Crippen molar-refractivity contribution in [1.29, 1.82) is 0 Å². The fraction of sp³-hybridized carbons (Fsp3) is 0.589. The summed E-state index contributed by atoms with van der Waals surface area (Å²) >= 11 is 0. The molecule has 0 aromatic heterocycles. The average molecular weight is 826 g/mol. The highest BCUT2D eigenvalue weighted by atomic mass is 16.3. The number of hydrogen-bond acceptors (Lipinski definition) is 3. The van der Waals surface area contributed by atoms with Gasteiger partial charge in [-0.1, -0.05) is 218 Å². The zero-order chi connectivity index (χ0) is 43.5. The van der Waals surface area contributed by atoms with Crippen LogP contribution in [0.1, 0.15) is 194 Å². The molecule has 0 spiro atoms. The summed E-state index contributed by atoms with van der Waals surface area (Å²) in [5, 5.41) is 22.8. The van der Waals surface area contributed by atoms with Crippen molar-refractivity contribution in [1.82, 2.24) is 5.32 Å². The van der Waals surface area contributed by atoms with E-state index in [1.807, 2.05) is 13.0 Å². The number of carbonyl (C=O) groups excluding carboxylic acids is 1. The summed E-state index contributed by atoms with van der Waals surface area (Å²) in [6.45, 7) is 3.93. The number of unbranched alkanes of at least 4 members (excludes halogenated alkanes) is 16. The van der Waals surface area contributed by atoms with Crippen LogP contribution in [0.15, 0.2) is 134 Å². The second kappa shape index (κ2) is 49.9. The molecule has 0 aromatic carbocycles. The molecule has 0 aliphatic heterocycles. The van der Waals surface area contributed by atoms with Gasteiger partial charge in [-0.3, -0.25) is 4.79 Å². The summed E-state index contributed by atoms with van der Waals surface area (Å²) in [6, 6.07) is -0.651. The third-order valence-electron chi connectivity index (χ3n) is 10.2. The van der Waals surface area contributed by atoms with Crippen molar-refractivity contribution in [3.8, 4) is 0 Å². The molecule has 3 N–H and O–H groups in total. The maximum Gasteiger partial charge on any atom is 0.220 e. The van der Waals surface area contributed by atoms with Gasteiger partial charge in [-0.15, -0.1) is 0 Å². The number of amides is 1. The summed E-state index contributed by atoms with van der Waals surface area (Å²) < 4.78 is 0. The summed E-state index contributed by atoms with van der Waals surface area (Å²) in [5.74, 6) is -0.0882. The molecule has 0 fully saturated rings. The van der Waals surface area contributed by atoms with Crippen molar-refractivity contribution < 1.29 is 15.0 Å². The largest absolute Gasteiger partial charge is 0.394 e.